The Labute approximate surface area is 180 Å². The topological polar surface area (TPSA) is 50.5 Å². The summed E-state index contributed by atoms with van der Waals surface area (Å²) in [5, 5.41) is 4.37. The highest BCUT2D eigenvalue weighted by atomic mass is 35.5. The van der Waals surface area contributed by atoms with Crippen molar-refractivity contribution in [1.29, 1.82) is 0 Å². The molecule has 0 N–H and O–H groups in total. The van der Waals surface area contributed by atoms with Crippen LogP contribution in [0.3, 0.4) is 0 Å². The number of hydrogen-bond donors (Lipinski definition) is 0. The number of carbonyl (C=O) groups excluding carboxylic acids is 1. The van der Waals surface area contributed by atoms with Gasteiger partial charge in [0.15, 0.2) is 17.0 Å². The van der Waals surface area contributed by atoms with Crippen LogP contribution in [0.5, 0.6) is 0 Å². The predicted molar refractivity (Wildman–Crippen MR) is 111 cm³/mol. The van der Waals surface area contributed by atoms with Crippen LogP contribution < -0.4 is 0 Å². The van der Waals surface area contributed by atoms with E-state index in [2.05, 4.69) is 10.1 Å². The molecule has 2 aromatic carbocycles. The van der Waals surface area contributed by atoms with Crippen LogP contribution in [0, 0.1) is 0 Å². The van der Waals surface area contributed by atoms with Gasteiger partial charge in [-0.1, -0.05) is 54.1 Å². The molecule has 0 saturated heterocycles. The Balaban J connectivity index is 1.75. The van der Waals surface area contributed by atoms with E-state index in [-0.39, 0.29) is 17.0 Å². The molecule has 0 radical (unpaired) electrons. The Bertz CT molecular complexity index is 1240. The molecule has 31 heavy (non-hydrogen) atoms. The van der Waals surface area contributed by atoms with E-state index in [0.29, 0.717) is 21.6 Å². The second-order valence-electron chi connectivity index (χ2n) is 6.98. The fraction of sp³-hybridized carbons (Fsp3) is 0.136. The number of amides is 1. The lowest BCUT2D eigenvalue weighted by molar-refractivity contribution is -0.142. The first kappa shape index (κ1) is 20.9. The van der Waals surface area contributed by atoms with E-state index < -0.39 is 17.8 Å². The molecule has 0 aliphatic carbocycles. The van der Waals surface area contributed by atoms with Crippen molar-refractivity contribution < 1.29 is 18.0 Å². The van der Waals surface area contributed by atoms with Crippen LogP contribution in [0.4, 0.5) is 13.2 Å². The number of fused-ring (bicyclic) bond motifs is 1. The molecule has 4 rings (SSSR count). The van der Waals surface area contributed by atoms with Gasteiger partial charge in [-0.25, -0.2) is 9.50 Å². The molecule has 9 heteroatoms. The van der Waals surface area contributed by atoms with Gasteiger partial charge in [-0.05, 0) is 23.8 Å². The van der Waals surface area contributed by atoms with Gasteiger partial charge in [0.2, 0.25) is 0 Å². The van der Waals surface area contributed by atoms with E-state index in [0.717, 1.165) is 11.6 Å². The summed E-state index contributed by atoms with van der Waals surface area (Å²) in [6, 6.07) is 17.7. The summed E-state index contributed by atoms with van der Waals surface area (Å²) in [6.45, 7) is 0.295. The number of aromatic nitrogens is 3. The first-order chi connectivity index (χ1) is 14.7. The molecule has 0 saturated carbocycles. The Morgan fingerprint density at radius 1 is 1.06 bits per heavy atom. The van der Waals surface area contributed by atoms with E-state index in [1.54, 1.807) is 31.3 Å². The molecule has 2 aromatic heterocycles. The van der Waals surface area contributed by atoms with Crippen LogP contribution in [0.1, 0.15) is 21.7 Å². The van der Waals surface area contributed by atoms with Crippen molar-refractivity contribution in [1.82, 2.24) is 19.5 Å². The molecule has 0 fully saturated rings. The smallest absolute Gasteiger partial charge is 0.336 e. The van der Waals surface area contributed by atoms with Crippen LogP contribution in [0.2, 0.25) is 5.02 Å². The molecule has 0 aliphatic rings. The van der Waals surface area contributed by atoms with E-state index in [1.165, 1.54) is 11.0 Å². The summed E-state index contributed by atoms with van der Waals surface area (Å²) in [5.41, 5.74) is 0.245. The minimum atomic E-state index is -4.69. The summed E-state index contributed by atoms with van der Waals surface area (Å²) >= 11 is 5.87. The van der Waals surface area contributed by atoms with Gasteiger partial charge in [0.05, 0.1) is 5.69 Å². The van der Waals surface area contributed by atoms with Gasteiger partial charge < -0.3 is 4.90 Å². The summed E-state index contributed by atoms with van der Waals surface area (Å²) < 4.78 is 41.8. The van der Waals surface area contributed by atoms with Crippen LogP contribution in [0.15, 0.2) is 66.7 Å². The number of carbonyl (C=O) groups is 1. The third-order valence-corrected chi connectivity index (χ3v) is 4.94. The maximum Gasteiger partial charge on any atom is 0.433 e. The first-order valence-electron chi connectivity index (χ1n) is 9.26. The third-order valence-electron chi connectivity index (χ3n) is 4.69. The molecule has 4 aromatic rings. The Morgan fingerprint density at radius 3 is 2.39 bits per heavy atom. The molecular formula is C22H16ClF3N4O. The van der Waals surface area contributed by atoms with Crippen molar-refractivity contribution in [2.24, 2.45) is 0 Å². The van der Waals surface area contributed by atoms with Crippen LogP contribution in [-0.2, 0) is 12.7 Å². The minimum absolute atomic E-state index is 0.0729. The predicted octanol–water partition coefficient (Wildman–Crippen LogP) is 5.34. The zero-order chi connectivity index (χ0) is 22.2. The van der Waals surface area contributed by atoms with Gasteiger partial charge in [0, 0.05) is 30.2 Å². The molecule has 0 aliphatic heterocycles. The van der Waals surface area contributed by atoms with Crippen LogP contribution in [0.25, 0.3) is 16.9 Å². The van der Waals surface area contributed by atoms with Crippen molar-refractivity contribution in [3.63, 3.8) is 0 Å². The van der Waals surface area contributed by atoms with Crippen molar-refractivity contribution >= 4 is 23.2 Å². The van der Waals surface area contributed by atoms with Crippen molar-refractivity contribution in [3.8, 4) is 11.3 Å². The number of halogens is 4. The van der Waals surface area contributed by atoms with Gasteiger partial charge in [0.25, 0.3) is 5.91 Å². The average Bonchev–Trinajstić information content (AvgIpc) is 3.17. The molecule has 158 valence electrons. The zero-order valence-electron chi connectivity index (χ0n) is 16.3. The summed E-state index contributed by atoms with van der Waals surface area (Å²) in [7, 11) is 1.57. The third kappa shape index (κ3) is 4.39. The fourth-order valence-corrected chi connectivity index (χ4v) is 3.30. The molecule has 0 atom stereocenters. The molecule has 0 bridgehead atoms. The second kappa shape index (κ2) is 8.03. The zero-order valence-corrected chi connectivity index (χ0v) is 17.0. The highest BCUT2D eigenvalue weighted by Crippen LogP contribution is 2.32. The highest BCUT2D eigenvalue weighted by molar-refractivity contribution is 6.30. The van der Waals surface area contributed by atoms with E-state index in [1.807, 2.05) is 30.3 Å². The van der Waals surface area contributed by atoms with Gasteiger partial charge in [-0.15, -0.1) is 0 Å². The normalized spacial score (nSPS) is 11.6. The summed E-state index contributed by atoms with van der Waals surface area (Å²) in [6.07, 6.45) is -4.69. The fourth-order valence-electron chi connectivity index (χ4n) is 3.17. The molecule has 5 nitrogen and oxygen atoms in total. The standard InChI is InChI=1S/C22H16ClF3N4O/c1-29(13-14-5-3-2-4-6-14)21(31)18-12-20-27-17(15-7-9-16(23)10-8-15)11-19(22(24,25)26)30(20)28-18/h2-12H,13H2,1H3. The van der Waals surface area contributed by atoms with Crippen molar-refractivity contribution in [2.45, 2.75) is 12.7 Å². The lowest BCUT2D eigenvalue weighted by Crippen LogP contribution is -2.26. The SMILES string of the molecule is CN(Cc1ccccc1)C(=O)c1cc2nc(-c3ccc(Cl)cc3)cc(C(F)(F)F)n2n1. The van der Waals surface area contributed by atoms with E-state index >= 15 is 0 Å². The Morgan fingerprint density at radius 2 is 1.74 bits per heavy atom. The largest absolute Gasteiger partial charge is 0.433 e. The number of hydrogen-bond acceptors (Lipinski definition) is 3. The lowest BCUT2D eigenvalue weighted by atomic mass is 10.1. The number of alkyl halides is 3. The molecule has 0 spiro atoms. The van der Waals surface area contributed by atoms with Crippen LogP contribution >= 0.6 is 11.6 Å². The minimum Gasteiger partial charge on any atom is -0.336 e. The Kier molecular flexibility index (Phi) is 5.41. The van der Waals surface area contributed by atoms with Gasteiger partial charge in [-0.2, -0.15) is 18.3 Å². The van der Waals surface area contributed by atoms with Crippen molar-refractivity contribution in [2.75, 3.05) is 7.05 Å². The monoisotopic (exact) mass is 444 g/mol. The van der Waals surface area contributed by atoms with E-state index in [4.69, 9.17) is 11.6 Å². The number of benzene rings is 2. The van der Waals surface area contributed by atoms with Crippen molar-refractivity contribution in [3.05, 3.63) is 88.7 Å². The lowest BCUT2D eigenvalue weighted by Gasteiger charge is -2.15. The summed E-state index contributed by atoms with van der Waals surface area (Å²) in [4.78, 5) is 18.5. The first-order valence-corrected chi connectivity index (χ1v) is 9.63. The molecule has 1 amide bonds. The molecule has 0 unspecified atom stereocenters. The average molecular weight is 445 g/mol. The van der Waals surface area contributed by atoms with Gasteiger partial charge in [-0.3, -0.25) is 4.79 Å². The molecular weight excluding hydrogens is 429 g/mol. The number of nitrogens with zero attached hydrogens (tertiary/aromatic N) is 4. The van der Waals surface area contributed by atoms with E-state index in [9.17, 15) is 18.0 Å². The Hall–Kier alpha value is -3.39. The second-order valence-corrected chi connectivity index (χ2v) is 7.41. The highest BCUT2D eigenvalue weighted by Gasteiger charge is 2.35. The van der Waals surface area contributed by atoms with Gasteiger partial charge in [0.1, 0.15) is 0 Å². The van der Waals surface area contributed by atoms with Gasteiger partial charge >= 0.3 is 6.18 Å². The molecule has 2 heterocycles. The maximum absolute atomic E-state index is 13.7. The number of rotatable bonds is 4. The quantitative estimate of drug-likeness (QED) is 0.427. The maximum atomic E-state index is 13.7. The summed E-state index contributed by atoms with van der Waals surface area (Å²) in [5.74, 6) is -0.504. The van der Waals surface area contributed by atoms with Crippen LogP contribution in [-0.4, -0.2) is 32.5 Å².